The molecule has 13 nitrogen and oxygen atoms in total. The van der Waals surface area contributed by atoms with Crippen LogP contribution < -0.4 is 10.9 Å². The van der Waals surface area contributed by atoms with Gasteiger partial charge < -0.3 is 29.9 Å². The van der Waals surface area contributed by atoms with E-state index >= 15 is 0 Å². The number of hydrogen-bond acceptors (Lipinski definition) is 8. The summed E-state index contributed by atoms with van der Waals surface area (Å²) in [4.78, 5) is 77.7. The van der Waals surface area contributed by atoms with E-state index < -0.39 is 57.6 Å². The largest absolute Gasteiger partial charge is 0.501 e. The lowest BCUT2D eigenvalue weighted by molar-refractivity contribution is -0.155. The lowest BCUT2D eigenvalue weighted by atomic mass is 9.47. The van der Waals surface area contributed by atoms with Gasteiger partial charge >= 0.3 is 17.9 Å². The number of nitrogens with one attached hydrogen (secondary N) is 1. The number of aromatic hydroxyl groups is 1. The third kappa shape index (κ3) is 8.88. The first kappa shape index (κ1) is 49.7. The second-order valence-electron chi connectivity index (χ2n) is 23.3. The number of hydrogen-bond donors (Lipinski definition) is 2. The number of benzene rings is 1. The Labute approximate surface area is 402 Å². The number of amides is 4. The molecule has 2 N–H and O–H groups in total. The third-order valence-corrected chi connectivity index (χ3v) is 18.7. The van der Waals surface area contributed by atoms with Crippen LogP contribution in [-0.4, -0.2) is 94.0 Å². The summed E-state index contributed by atoms with van der Waals surface area (Å²) in [5, 5.41) is 14.0. The van der Waals surface area contributed by atoms with E-state index in [0.717, 1.165) is 49.4 Å². The fraction of sp³-hybridized carbons (Fsp3) is 0.704. The van der Waals surface area contributed by atoms with Crippen LogP contribution in [0.15, 0.2) is 40.7 Å². The molecule has 4 fully saturated rings. The molecule has 2 bridgehead atoms. The van der Waals surface area contributed by atoms with Crippen LogP contribution in [0.5, 0.6) is 5.75 Å². The van der Waals surface area contributed by atoms with Crippen LogP contribution in [0, 0.1) is 57.6 Å². The van der Waals surface area contributed by atoms with Gasteiger partial charge in [0.15, 0.2) is 5.69 Å². The summed E-state index contributed by atoms with van der Waals surface area (Å²) in [5.74, 6) is 0.916. The van der Waals surface area contributed by atoms with Crippen molar-refractivity contribution < 1.29 is 33.4 Å². The zero-order valence-corrected chi connectivity index (χ0v) is 42.2. The molecule has 0 radical (unpaired) electrons. The molecule has 8 atom stereocenters. The Morgan fingerprint density at radius 1 is 0.912 bits per heavy atom. The maximum absolute atomic E-state index is 14.3. The number of halogens is 1. The van der Waals surface area contributed by atoms with Gasteiger partial charge in [0, 0.05) is 59.7 Å². The molecular formula is C54H77FN6O7. The van der Waals surface area contributed by atoms with E-state index in [1.807, 2.05) is 0 Å². The Morgan fingerprint density at radius 3 is 2.29 bits per heavy atom. The second-order valence-corrected chi connectivity index (χ2v) is 23.3. The molecule has 9 rings (SSSR count). The summed E-state index contributed by atoms with van der Waals surface area (Å²) in [6.07, 6.45) is 16.3. The summed E-state index contributed by atoms with van der Waals surface area (Å²) >= 11 is 0. The summed E-state index contributed by atoms with van der Waals surface area (Å²) < 4.78 is 21.2. The fourth-order valence-corrected chi connectivity index (χ4v) is 14.8. The van der Waals surface area contributed by atoms with E-state index in [9.17, 15) is 33.5 Å². The highest BCUT2D eigenvalue weighted by atomic mass is 19.1. The number of likely N-dealkylation sites (N-methyl/N-ethyl adjacent to an activating group) is 2. The van der Waals surface area contributed by atoms with Gasteiger partial charge in [0.05, 0.1) is 0 Å². The first-order chi connectivity index (χ1) is 32.1. The second kappa shape index (κ2) is 18.9. The summed E-state index contributed by atoms with van der Waals surface area (Å²) in [6.45, 7) is 12.6. The third-order valence-electron chi connectivity index (χ3n) is 18.7. The number of nitrogens with zero attached hydrogens (tertiary/aromatic N) is 5. The topological polar surface area (TPSA) is 154 Å². The summed E-state index contributed by atoms with van der Waals surface area (Å²) in [5.41, 5.74) is -0.768. The number of fused-ring (bicyclic) bond motifs is 7. The first-order valence-corrected chi connectivity index (χ1v) is 25.6. The average molecular weight is 941 g/mol. The standard InChI is InChI=1S/C54H77FN6O7/c1-33(2)11-10-12-34(3)40-19-20-41-39-18-15-36-29-38(21-23-51(36,4)42(39)22-24-52(40,41)5)68-50(67)59(8)31-53-25-27-54(28-26-53,60(9)48(66)47(65)58(6)7)49-57-43(44(62)46(64)61(49)32-53)45(63)56-30-35-13-16-37(55)17-14-35/h13-17,33-34,38-42,62H,10-12,18-32H2,1-9H3,(H,56,63)/t34-,38+,39+,40-,41?,42?,51+,52-,53?,54?/m1/s1. The van der Waals surface area contributed by atoms with Crippen LogP contribution in [0.4, 0.5) is 9.18 Å². The molecule has 0 saturated heterocycles. The monoisotopic (exact) mass is 941 g/mol. The quantitative estimate of drug-likeness (QED) is 0.158. The lowest BCUT2D eigenvalue weighted by Crippen LogP contribution is -2.55. The lowest BCUT2D eigenvalue weighted by Gasteiger charge is -2.58. The molecule has 5 aliphatic carbocycles. The average Bonchev–Trinajstić information content (AvgIpc) is 3.52. The molecule has 2 aromatic rings. The van der Waals surface area contributed by atoms with E-state index in [1.54, 1.807) is 11.9 Å². The van der Waals surface area contributed by atoms with Gasteiger partial charge in [0.25, 0.3) is 11.5 Å². The molecule has 4 amide bonds. The Balaban J connectivity index is 0.967. The molecule has 372 valence electrons. The predicted octanol–water partition coefficient (Wildman–Crippen LogP) is 8.81. The molecule has 2 aliphatic heterocycles. The van der Waals surface area contributed by atoms with Crippen LogP contribution in [0.1, 0.15) is 153 Å². The highest BCUT2D eigenvalue weighted by Gasteiger charge is 2.60. The molecule has 3 heterocycles. The Hall–Kier alpha value is -4.75. The van der Waals surface area contributed by atoms with Crippen molar-refractivity contribution in [3.63, 3.8) is 0 Å². The van der Waals surface area contributed by atoms with E-state index in [-0.39, 0.29) is 49.8 Å². The molecule has 1 aromatic heterocycles. The molecule has 4 saturated carbocycles. The molecule has 2 unspecified atom stereocenters. The number of carbonyl (C=O) groups excluding carboxylic acids is 4. The van der Waals surface area contributed by atoms with Crippen molar-refractivity contribution in [1.82, 2.24) is 29.6 Å². The van der Waals surface area contributed by atoms with Crippen LogP contribution in [0.2, 0.25) is 0 Å². The number of rotatable bonds is 12. The molecular weight excluding hydrogens is 864 g/mol. The highest BCUT2D eigenvalue weighted by Crippen LogP contribution is 2.67. The number of carbonyl (C=O) groups is 4. The maximum atomic E-state index is 14.3. The molecule has 0 spiro atoms. The van der Waals surface area contributed by atoms with Gasteiger partial charge in [-0.05, 0) is 135 Å². The highest BCUT2D eigenvalue weighted by molar-refractivity contribution is 6.34. The van der Waals surface area contributed by atoms with Gasteiger partial charge in [-0.2, -0.15) is 0 Å². The molecule has 68 heavy (non-hydrogen) atoms. The van der Waals surface area contributed by atoms with Gasteiger partial charge in [-0.3, -0.25) is 23.7 Å². The number of ether oxygens (including phenoxy) is 1. The van der Waals surface area contributed by atoms with Crippen molar-refractivity contribution >= 4 is 23.8 Å². The molecule has 1 aromatic carbocycles. The van der Waals surface area contributed by atoms with Crippen molar-refractivity contribution in [3.8, 4) is 5.75 Å². The fourth-order valence-electron chi connectivity index (χ4n) is 14.8. The van der Waals surface area contributed by atoms with Crippen LogP contribution in [0.25, 0.3) is 0 Å². The van der Waals surface area contributed by atoms with E-state index in [4.69, 9.17) is 4.74 Å². The zero-order valence-electron chi connectivity index (χ0n) is 42.2. The minimum Gasteiger partial charge on any atom is -0.501 e. The van der Waals surface area contributed by atoms with E-state index in [1.165, 1.54) is 110 Å². The Kier molecular flexibility index (Phi) is 13.8. The number of aromatic nitrogens is 2. The van der Waals surface area contributed by atoms with Gasteiger partial charge in [0.2, 0.25) is 5.75 Å². The maximum Gasteiger partial charge on any atom is 0.409 e. The molecule has 14 heteroatoms. The normalized spacial score (nSPS) is 31.8. The molecule has 7 aliphatic rings. The summed E-state index contributed by atoms with van der Waals surface area (Å²) in [6, 6.07) is 5.54. The van der Waals surface area contributed by atoms with Gasteiger partial charge in [0.1, 0.15) is 23.3 Å². The predicted molar refractivity (Wildman–Crippen MR) is 258 cm³/mol. The zero-order chi connectivity index (χ0) is 49.1. The SMILES string of the molecule is CC(C)CCC[C@@H](C)[C@H]1CCC2[C@@H]3CC=C4C[C@@H](OC(=O)N(C)CC56CCC(N(C)C(=O)C(=O)N(C)C)(CC5)c5nc(C(=O)NCc7ccc(F)cc7)c(O)c(=O)n5C6)CC[C@]4(C)C3CC[C@@]21C. The van der Waals surface area contributed by atoms with Crippen LogP contribution in [0.3, 0.4) is 0 Å². The van der Waals surface area contributed by atoms with Crippen LogP contribution in [-0.2, 0) is 33.0 Å². The minimum atomic E-state index is -1.29. The van der Waals surface area contributed by atoms with Crippen molar-refractivity contribution in [1.29, 1.82) is 0 Å². The van der Waals surface area contributed by atoms with E-state index in [0.29, 0.717) is 35.7 Å². The van der Waals surface area contributed by atoms with Gasteiger partial charge in [-0.1, -0.05) is 77.7 Å². The van der Waals surface area contributed by atoms with Crippen molar-refractivity contribution in [2.45, 2.75) is 156 Å². The Bertz CT molecular complexity index is 2350. The van der Waals surface area contributed by atoms with Crippen LogP contribution >= 0.6 is 0 Å². The van der Waals surface area contributed by atoms with Crippen molar-refractivity contribution in [2.75, 3.05) is 34.7 Å². The van der Waals surface area contributed by atoms with Crippen molar-refractivity contribution in [2.24, 2.45) is 51.8 Å². The van der Waals surface area contributed by atoms with Crippen molar-refractivity contribution in [3.05, 3.63) is 69.2 Å². The Morgan fingerprint density at radius 2 is 1.62 bits per heavy atom. The number of allylic oxidation sites excluding steroid dienone is 1. The summed E-state index contributed by atoms with van der Waals surface area (Å²) in [7, 11) is 6.20. The minimum absolute atomic E-state index is 0.0253. The van der Waals surface area contributed by atoms with Gasteiger partial charge in [-0.25, -0.2) is 14.2 Å². The van der Waals surface area contributed by atoms with Gasteiger partial charge in [-0.15, -0.1) is 0 Å². The van der Waals surface area contributed by atoms with E-state index in [2.05, 4.69) is 51.0 Å². The first-order valence-electron chi connectivity index (χ1n) is 25.6. The smallest absolute Gasteiger partial charge is 0.409 e.